The van der Waals surface area contributed by atoms with Crippen molar-refractivity contribution in [1.29, 1.82) is 0 Å². The van der Waals surface area contributed by atoms with Crippen molar-refractivity contribution in [3.8, 4) is 0 Å². The third-order valence-electron chi connectivity index (χ3n) is 9.24. The summed E-state index contributed by atoms with van der Waals surface area (Å²) in [5, 5.41) is 7.66. The highest BCUT2D eigenvalue weighted by Crippen LogP contribution is 2.33. The molecule has 242 valence electrons. The van der Waals surface area contributed by atoms with E-state index in [1.807, 2.05) is 49.9 Å². The van der Waals surface area contributed by atoms with Crippen molar-refractivity contribution in [2.75, 3.05) is 13.1 Å². The van der Waals surface area contributed by atoms with Crippen LogP contribution in [0.4, 0.5) is 4.79 Å². The third-order valence-corrected chi connectivity index (χ3v) is 10.3. The number of carbonyl (C=O) groups is 3. The topological polar surface area (TPSA) is 87.7 Å². The van der Waals surface area contributed by atoms with Crippen LogP contribution in [0.15, 0.2) is 54.6 Å². The Kier molecular flexibility index (Phi) is 10.5. The Morgan fingerprint density at radius 3 is 2.42 bits per heavy atom. The number of thiophene rings is 1. The molecule has 1 aromatic heterocycles. The SMILES string of the molecule is Cc1ccc2cc(C(=O)NC3(C(=O)NC(CCCC4CCN(C(=O)OC(C)(C)C)CC4)Cc4ccccc4)CCCC3)sc2c1. The predicted molar refractivity (Wildman–Crippen MR) is 182 cm³/mol. The van der Waals surface area contributed by atoms with Gasteiger partial charge in [0.05, 0.1) is 4.88 Å². The number of piperidine rings is 1. The quantitative estimate of drug-likeness (QED) is 0.239. The van der Waals surface area contributed by atoms with E-state index in [-0.39, 0.29) is 23.9 Å². The van der Waals surface area contributed by atoms with Crippen LogP contribution in [-0.4, -0.2) is 53.1 Å². The summed E-state index contributed by atoms with van der Waals surface area (Å²) < 4.78 is 6.64. The lowest BCUT2D eigenvalue weighted by Crippen LogP contribution is -2.59. The van der Waals surface area contributed by atoms with Gasteiger partial charge < -0.3 is 20.3 Å². The number of hydrogen-bond donors (Lipinski definition) is 2. The molecule has 45 heavy (non-hydrogen) atoms. The van der Waals surface area contributed by atoms with Gasteiger partial charge in [0.25, 0.3) is 5.91 Å². The van der Waals surface area contributed by atoms with E-state index in [4.69, 9.17) is 4.74 Å². The lowest BCUT2D eigenvalue weighted by Gasteiger charge is -2.34. The van der Waals surface area contributed by atoms with Gasteiger partial charge in [-0.15, -0.1) is 11.3 Å². The van der Waals surface area contributed by atoms with Gasteiger partial charge in [0.1, 0.15) is 11.1 Å². The van der Waals surface area contributed by atoms with Crippen molar-refractivity contribution in [3.63, 3.8) is 0 Å². The van der Waals surface area contributed by atoms with Crippen LogP contribution in [0.1, 0.15) is 99.4 Å². The molecule has 2 aliphatic rings. The van der Waals surface area contributed by atoms with E-state index in [1.54, 1.807) is 0 Å². The summed E-state index contributed by atoms with van der Waals surface area (Å²) in [4.78, 5) is 42.5. The average molecular weight is 632 g/mol. The highest BCUT2D eigenvalue weighted by atomic mass is 32.1. The molecule has 5 rings (SSSR count). The van der Waals surface area contributed by atoms with Gasteiger partial charge in [-0.1, -0.05) is 68.1 Å². The molecule has 1 aliphatic heterocycles. The summed E-state index contributed by atoms with van der Waals surface area (Å²) in [7, 11) is 0. The van der Waals surface area contributed by atoms with Gasteiger partial charge in [-0.2, -0.15) is 0 Å². The Hall–Kier alpha value is -3.39. The molecule has 3 aromatic rings. The van der Waals surface area contributed by atoms with Crippen LogP contribution in [-0.2, 0) is 16.0 Å². The zero-order valence-corrected chi connectivity index (χ0v) is 28.1. The molecule has 0 spiro atoms. The minimum atomic E-state index is -0.882. The fourth-order valence-electron chi connectivity index (χ4n) is 6.75. The molecular formula is C37H49N3O4S. The summed E-state index contributed by atoms with van der Waals surface area (Å²) in [6, 6.07) is 18.4. The van der Waals surface area contributed by atoms with Gasteiger partial charge in [-0.05, 0) is 101 Å². The fraction of sp³-hybridized carbons (Fsp3) is 0.541. The first kappa shape index (κ1) is 33.0. The van der Waals surface area contributed by atoms with Gasteiger partial charge in [-0.25, -0.2) is 4.79 Å². The largest absolute Gasteiger partial charge is 0.444 e. The Morgan fingerprint density at radius 1 is 1.02 bits per heavy atom. The maximum absolute atomic E-state index is 14.0. The molecule has 7 nitrogen and oxygen atoms in total. The van der Waals surface area contributed by atoms with Crippen molar-refractivity contribution in [2.45, 2.75) is 109 Å². The van der Waals surface area contributed by atoms with Crippen LogP contribution in [0.5, 0.6) is 0 Å². The molecule has 1 unspecified atom stereocenters. The van der Waals surface area contributed by atoms with E-state index in [0.29, 0.717) is 23.6 Å². The molecule has 8 heteroatoms. The second-order valence-electron chi connectivity index (χ2n) is 14.1. The molecule has 0 bridgehead atoms. The molecule has 2 heterocycles. The number of amides is 3. The predicted octanol–water partition coefficient (Wildman–Crippen LogP) is 7.80. The number of hydrogen-bond acceptors (Lipinski definition) is 5. The summed E-state index contributed by atoms with van der Waals surface area (Å²) in [5.74, 6) is 0.336. The molecule has 0 radical (unpaired) electrons. The number of fused-ring (bicyclic) bond motifs is 1. The molecule has 1 saturated carbocycles. The number of likely N-dealkylation sites (tertiary alicyclic amines) is 1. The minimum absolute atomic E-state index is 0.0246. The van der Waals surface area contributed by atoms with Crippen LogP contribution in [0.3, 0.4) is 0 Å². The smallest absolute Gasteiger partial charge is 0.410 e. The van der Waals surface area contributed by atoms with E-state index in [1.165, 1.54) is 22.5 Å². The normalized spacial score (nSPS) is 17.6. The highest BCUT2D eigenvalue weighted by molar-refractivity contribution is 7.20. The number of carbonyl (C=O) groups excluding carboxylic acids is 3. The first-order chi connectivity index (χ1) is 21.5. The molecule has 2 N–H and O–H groups in total. The number of ether oxygens (including phenoxy) is 1. The minimum Gasteiger partial charge on any atom is -0.444 e. The maximum Gasteiger partial charge on any atom is 0.410 e. The van der Waals surface area contributed by atoms with Gasteiger partial charge in [-0.3, -0.25) is 9.59 Å². The number of nitrogens with zero attached hydrogens (tertiary/aromatic N) is 1. The first-order valence-electron chi connectivity index (χ1n) is 16.7. The number of nitrogens with one attached hydrogen (secondary N) is 2. The van der Waals surface area contributed by atoms with Crippen molar-refractivity contribution in [2.24, 2.45) is 5.92 Å². The molecule has 1 aliphatic carbocycles. The fourth-order valence-corrected chi connectivity index (χ4v) is 7.80. The number of benzene rings is 2. The molecule has 1 saturated heterocycles. The number of aryl methyl sites for hydroxylation is 1. The standard InChI is InChI=1S/C37H49N3O4S/c1-26-15-16-29-25-32(45-31(29)23-26)33(41)39-37(19-8-9-20-37)34(42)38-30(24-28-11-6-5-7-12-28)14-10-13-27-17-21-40(22-18-27)35(43)44-36(2,3)4/h5-7,11-12,15-16,23,25,27,30H,8-10,13-14,17-22,24H2,1-4H3,(H,38,42)(H,39,41). The number of rotatable bonds is 10. The van der Waals surface area contributed by atoms with Crippen molar-refractivity contribution >= 4 is 39.3 Å². The lowest BCUT2D eigenvalue weighted by atomic mass is 9.89. The Labute approximate surface area is 272 Å². The molecule has 2 fully saturated rings. The first-order valence-corrected chi connectivity index (χ1v) is 17.5. The Balaban J connectivity index is 1.20. The lowest BCUT2D eigenvalue weighted by molar-refractivity contribution is -0.128. The summed E-state index contributed by atoms with van der Waals surface area (Å²) in [6.45, 7) is 9.21. The second kappa shape index (κ2) is 14.4. The third kappa shape index (κ3) is 8.87. The molecule has 2 aromatic carbocycles. The highest BCUT2D eigenvalue weighted by Gasteiger charge is 2.43. The molecular weight excluding hydrogens is 582 g/mol. The van der Waals surface area contributed by atoms with Gasteiger partial charge in [0.2, 0.25) is 5.91 Å². The van der Waals surface area contributed by atoms with Crippen molar-refractivity contribution in [3.05, 3.63) is 70.6 Å². The van der Waals surface area contributed by atoms with Gasteiger partial charge in [0.15, 0.2) is 0 Å². The Bertz CT molecular complexity index is 1460. The Morgan fingerprint density at radius 2 is 1.73 bits per heavy atom. The maximum atomic E-state index is 14.0. The van der Waals surface area contributed by atoms with Crippen LogP contribution in [0.2, 0.25) is 0 Å². The zero-order chi connectivity index (χ0) is 32.0. The van der Waals surface area contributed by atoms with E-state index in [0.717, 1.165) is 74.5 Å². The second-order valence-corrected chi connectivity index (χ2v) is 15.2. The van der Waals surface area contributed by atoms with Gasteiger partial charge >= 0.3 is 6.09 Å². The summed E-state index contributed by atoms with van der Waals surface area (Å²) >= 11 is 1.49. The molecule has 1 atom stereocenters. The van der Waals surface area contributed by atoms with Crippen LogP contribution < -0.4 is 10.6 Å². The zero-order valence-electron chi connectivity index (χ0n) is 27.3. The molecule has 3 amide bonds. The van der Waals surface area contributed by atoms with Crippen LogP contribution in [0.25, 0.3) is 10.1 Å². The van der Waals surface area contributed by atoms with E-state index in [9.17, 15) is 14.4 Å². The van der Waals surface area contributed by atoms with Gasteiger partial charge in [0, 0.05) is 23.8 Å². The summed E-state index contributed by atoms with van der Waals surface area (Å²) in [6.07, 6.45) is 8.56. The average Bonchev–Trinajstić information content (AvgIpc) is 3.65. The van der Waals surface area contributed by atoms with Crippen LogP contribution in [0, 0.1) is 12.8 Å². The van der Waals surface area contributed by atoms with E-state index in [2.05, 4.69) is 47.9 Å². The van der Waals surface area contributed by atoms with Crippen molar-refractivity contribution < 1.29 is 19.1 Å². The van der Waals surface area contributed by atoms with E-state index >= 15 is 0 Å². The van der Waals surface area contributed by atoms with Crippen molar-refractivity contribution in [1.82, 2.24) is 15.5 Å². The summed E-state index contributed by atoms with van der Waals surface area (Å²) in [5.41, 5.74) is 0.994. The van der Waals surface area contributed by atoms with Crippen LogP contribution >= 0.6 is 11.3 Å². The monoisotopic (exact) mass is 631 g/mol. The van der Waals surface area contributed by atoms with E-state index < -0.39 is 11.1 Å².